The highest BCUT2D eigenvalue weighted by Crippen LogP contribution is 2.37. The Balaban J connectivity index is 1.68. The average molecular weight is 501 g/mol. The molecule has 2 heterocycles. The molecule has 9 heteroatoms. The summed E-state index contributed by atoms with van der Waals surface area (Å²) in [6, 6.07) is 14.6. The van der Waals surface area contributed by atoms with Gasteiger partial charge in [-0.1, -0.05) is 47.5 Å². The molecule has 1 fully saturated rings. The van der Waals surface area contributed by atoms with Crippen molar-refractivity contribution in [3.05, 3.63) is 69.7 Å². The molecule has 0 spiro atoms. The van der Waals surface area contributed by atoms with E-state index < -0.39 is 12.0 Å². The zero-order chi connectivity index (χ0) is 24.4. The number of hydrogen-bond acceptors (Lipinski definition) is 6. The van der Waals surface area contributed by atoms with Crippen LogP contribution in [0.4, 0.5) is 5.82 Å². The summed E-state index contributed by atoms with van der Waals surface area (Å²) in [5.74, 6) is 0.121. The molecule has 0 amide bonds. The van der Waals surface area contributed by atoms with E-state index >= 15 is 0 Å². The summed E-state index contributed by atoms with van der Waals surface area (Å²) in [4.78, 5) is 20.1. The highest BCUT2D eigenvalue weighted by molar-refractivity contribution is 6.36. The number of ether oxygens (including phenoxy) is 1. The molecule has 1 aliphatic heterocycles. The minimum atomic E-state index is -0.940. The molecule has 0 saturated carbocycles. The molecular formula is C25H26Cl2N4O3. The summed E-state index contributed by atoms with van der Waals surface area (Å²) in [5.41, 5.74) is 9.83. The average Bonchev–Trinajstić information content (AvgIpc) is 2.80. The van der Waals surface area contributed by atoms with Crippen molar-refractivity contribution in [3.63, 3.8) is 0 Å². The van der Waals surface area contributed by atoms with Gasteiger partial charge < -0.3 is 25.4 Å². The number of benzene rings is 2. The van der Waals surface area contributed by atoms with E-state index in [1.165, 1.54) is 0 Å². The minimum Gasteiger partial charge on any atom is -0.480 e. The largest absolute Gasteiger partial charge is 0.480 e. The second-order valence-corrected chi connectivity index (χ2v) is 9.25. The van der Waals surface area contributed by atoms with Gasteiger partial charge in [-0.15, -0.1) is 0 Å². The quantitative estimate of drug-likeness (QED) is 0.501. The van der Waals surface area contributed by atoms with Gasteiger partial charge in [-0.2, -0.15) is 4.98 Å². The van der Waals surface area contributed by atoms with E-state index in [-0.39, 0.29) is 15.9 Å². The van der Waals surface area contributed by atoms with E-state index in [2.05, 4.69) is 11.1 Å². The number of carbonyl (C=O) groups is 1. The lowest BCUT2D eigenvalue weighted by Gasteiger charge is -2.38. The third-order valence-corrected chi connectivity index (χ3v) is 6.33. The first kappa shape index (κ1) is 24.3. The Hall–Kier alpha value is -2.84. The van der Waals surface area contributed by atoms with Crippen molar-refractivity contribution in [2.75, 3.05) is 31.6 Å². The highest BCUT2D eigenvalue weighted by Gasteiger charge is 2.33. The second-order valence-electron chi connectivity index (χ2n) is 8.43. The monoisotopic (exact) mass is 500 g/mol. The number of rotatable bonds is 6. The molecule has 0 radical (unpaired) electrons. The summed E-state index contributed by atoms with van der Waals surface area (Å²) in [5, 5.41) is 10.3. The number of piperazine rings is 1. The van der Waals surface area contributed by atoms with Crippen molar-refractivity contribution in [1.82, 2.24) is 9.88 Å². The smallest absolute Gasteiger partial charge is 0.327 e. The lowest BCUT2D eigenvalue weighted by molar-refractivity contribution is -0.139. The van der Waals surface area contributed by atoms with Crippen molar-refractivity contribution in [2.24, 2.45) is 5.73 Å². The van der Waals surface area contributed by atoms with Crippen LogP contribution in [0, 0.1) is 6.92 Å². The van der Waals surface area contributed by atoms with Crippen LogP contribution in [0.5, 0.6) is 11.6 Å². The molecule has 0 aliphatic carbocycles. The molecule has 34 heavy (non-hydrogen) atoms. The van der Waals surface area contributed by atoms with Gasteiger partial charge in [0.2, 0.25) is 5.88 Å². The normalized spacial score (nSPS) is 16.5. The van der Waals surface area contributed by atoms with Gasteiger partial charge in [0.25, 0.3) is 0 Å². The number of carboxylic acid groups (broad SMARTS) is 1. The van der Waals surface area contributed by atoms with E-state index in [4.69, 9.17) is 33.7 Å². The lowest BCUT2D eigenvalue weighted by atomic mass is 10.0. The third kappa shape index (κ3) is 5.28. The molecule has 1 atom stereocenters. The number of anilines is 1. The Kier molecular flexibility index (Phi) is 7.28. The number of nitrogens with zero attached hydrogens (tertiary/aromatic N) is 3. The molecule has 1 saturated heterocycles. The Morgan fingerprint density at radius 1 is 1.15 bits per heavy atom. The maximum Gasteiger partial charge on any atom is 0.327 e. The van der Waals surface area contributed by atoms with Gasteiger partial charge in [0.1, 0.15) is 16.8 Å². The number of hydrogen-bond donors (Lipinski definition) is 2. The number of carboxylic acids is 1. The fraction of sp³-hybridized carbons (Fsp3) is 0.280. The molecule has 1 aromatic heterocycles. The number of aliphatic carboxylic acids is 1. The van der Waals surface area contributed by atoms with Crippen LogP contribution in [-0.4, -0.2) is 53.7 Å². The summed E-state index contributed by atoms with van der Waals surface area (Å²) >= 11 is 12.9. The molecule has 1 unspecified atom stereocenters. The summed E-state index contributed by atoms with van der Waals surface area (Å²) in [6.45, 7) is 3.94. The molecule has 0 bridgehead atoms. The number of aryl methyl sites for hydroxylation is 1. The molecule has 178 valence electrons. The number of nitrogens with two attached hydrogens (primary N) is 1. The number of pyridine rings is 1. The fourth-order valence-corrected chi connectivity index (χ4v) is 4.57. The van der Waals surface area contributed by atoms with Crippen LogP contribution in [0.25, 0.3) is 11.1 Å². The van der Waals surface area contributed by atoms with Gasteiger partial charge >= 0.3 is 5.97 Å². The van der Waals surface area contributed by atoms with E-state index in [1.54, 1.807) is 11.0 Å². The number of aromatic nitrogens is 1. The van der Waals surface area contributed by atoms with Crippen molar-refractivity contribution in [3.8, 4) is 22.8 Å². The maximum absolute atomic E-state index is 11.9. The standard InChI is InChI=1S/C25H26Cl2N4O3/c1-15-8-18(17-5-3-4-16(10-17)13-28)11-19(9-15)34-24-21(27)12-20(26)23(29-24)31-7-6-30(2)14-22(31)25(32)33/h3-5,8-12,22H,6-7,13-14,28H2,1-2H3,(H,32,33). The summed E-state index contributed by atoms with van der Waals surface area (Å²) < 4.78 is 6.10. The third-order valence-electron chi connectivity index (χ3n) is 5.78. The molecular weight excluding hydrogens is 475 g/mol. The summed E-state index contributed by atoms with van der Waals surface area (Å²) in [7, 11) is 1.89. The molecule has 1 aliphatic rings. The zero-order valence-corrected chi connectivity index (χ0v) is 20.5. The zero-order valence-electron chi connectivity index (χ0n) is 19.0. The van der Waals surface area contributed by atoms with Gasteiger partial charge in [0, 0.05) is 26.2 Å². The lowest BCUT2D eigenvalue weighted by Crippen LogP contribution is -2.55. The van der Waals surface area contributed by atoms with Crippen LogP contribution >= 0.6 is 23.2 Å². The van der Waals surface area contributed by atoms with Crippen LogP contribution in [-0.2, 0) is 11.3 Å². The highest BCUT2D eigenvalue weighted by atomic mass is 35.5. The van der Waals surface area contributed by atoms with E-state index in [0.717, 1.165) is 22.3 Å². The topological polar surface area (TPSA) is 91.9 Å². The van der Waals surface area contributed by atoms with Crippen molar-refractivity contribution in [1.29, 1.82) is 0 Å². The van der Waals surface area contributed by atoms with E-state index in [1.807, 2.05) is 55.3 Å². The first-order valence-corrected chi connectivity index (χ1v) is 11.6. The second kappa shape index (κ2) is 10.2. The first-order chi connectivity index (χ1) is 16.2. The predicted molar refractivity (Wildman–Crippen MR) is 135 cm³/mol. The Morgan fingerprint density at radius 3 is 2.68 bits per heavy atom. The predicted octanol–water partition coefficient (Wildman–Crippen LogP) is 4.82. The number of halogens is 2. The summed E-state index contributed by atoms with van der Waals surface area (Å²) in [6.07, 6.45) is 0. The van der Waals surface area contributed by atoms with Gasteiger partial charge in [0.05, 0.1) is 5.02 Å². The molecule has 3 aromatic rings. The van der Waals surface area contributed by atoms with Crippen molar-refractivity contribution < 1.29 is 14.6 Å². The SMILES string of the molecule is Cc1cc(Oc2nc(N3CCN(C)CC3C(=O)O)c(Cl)cc2Cl)cc(-c2cccc(CN)c2)c1. The number of likely N-dealkylation sites (N-methyl/N-ethyl adjacent to an activating group) is 1. The van der Waals surface area contributed by atoms with Gasteiger partial charge in [-0.05, 0) is 60.5 Å². The van der Waals surface area contributed by atoms with Gasteiger partial charge in [-0.25, -0.2) is 4.79 Å². The molecule has 7 nitrogen and oxygen atoms in total. The van der Waals surface area contributed by atoms with Gasteiger partial charge in [0.15, 0.2) is 5.82 Å². The fourth-order valence-electron chi connectivity index (χ4n) is 4.06. The molecule has 2 aromatic carbocycles. The van der Waals surface area contributed by atoms with E-state index in [0.29, 0.717) is 37.7 Å². The first-order valence-electron chi connectivity index (χ1n) is 10.9. The van der Waals surface area contributed by atoms with Crippen LogP contribution in [0.15, 0.2) is 48.5 Å². The maximum atomic E-state index is 11.9. The Labute approximate surface area is 208 Å². The van der Waals surface area contributed by atoms with Crippen LogP contribution in [0.1, 0.15) is 11.1 Å². The van der Waals surface area contributed by atoms with Gasteiger partial charge in [-0.3, -0.25) is 0 Å². The van der Waals surface area contributed by atoms with Crippen molar-refractivity contribution >= 4 is 35.0 Å². The van der Waals surface area contributed by atoms with Crippen LogP contribution in [0.3, 0.4) is 0 Å². The Morgan fingerprint density at radius 2 is 1.94 bits per heavy atom. The van der Waals surface area contributed by atoms with Crippen LogP contribution < -0.4 is 15.4 Å². The molecule has 4 rings (SSSR count). The van der Waals surface area contributed by atoms with Crippen molar-refractivity contribution in [2.45, 2.75) is 19.5 Å². The molecule has 3 N–H and O–H groups in total. The Bertz CT molecular complexity index is 1220. The van der Waals surface area contributed by atoms with Crippen LogP contribution in [0.2, 0.25) is 10.0 Å². The minimum absolute atomic E-state index is 0.163. The van der Waals surface area contributed by atoms with E-state index in [9.17, 15) is 9.90 Å².